The first-order valence-corrected chi connectivity index (χ1v) is 8.92. The van der Waals surface area contributed by atoms with Crippen molar-refractivity contribution in [2.24, 2.45) is 7.05 Å². The Labute approximate surface area is 158 Å². The number of rotatable bonds is 7. The molecule has 0 fully saturated rings. The van der Waals surface area contributed by atoms with Crippen molar-refractivity contribution in [3.63, 3.8) is 0 Å². The number of aromatic nitrogens is 2. The molecule has 0 saturated heterocycles. The summed E-state index contributed by atoms with van der Waals surface area (Å²) in [7, 11) is 1.93. The summed E-state index contributed by atoms with van der Waals surface area (Å²) in [5, 5.41) is 25.1. The normalized spacial score (nSPS) is 11.5. The van der Waals surface area contributed by atoms with Gasteiger partial charge in [-0.05, 0) is 29.5 Å². The molecule has 0 aliphatic rings. The predicted molar refractivity (Wildman–Crippen MR) is 112 cm³/mol. The van der Waals surface area contributed by atoms with Gasteiger partial charge in [0.2, 0.25) is 0 Å². The van der Waals surface area contributed by atoms with Gasteiger partial charge in [0.25, 0.3) is 0 Å². The van der Waals surface area contributed by atoms with E-state index in [4.69, 9.17) is 5.11 Å². The number of aliphatic hydroxyl groups is 2. The van der Waals surface area contributed by atoms with Crippen molar-refractivity contribution < 1.29 is 10.2 Å². The van der Waals surface area contributed by atoms with E-state index in [2.05, 4.69) is 23.5 Å². The molecule has 5 nitrogen and oxygen atoms in total. The zero-order valence-electron chi connectivity index (χ0n) is 15.6. The standard InChI is InChI=1S/C22H25N3O2/c1-15-13-19(24-11-9-17-7-4-5-10-23-17)16(2)21-18(14-27)20(8-6-12-26)25(3)22(15)21/h4-8,10,13,24,26-27H,1-2,9,11-12,14H2,3H3/b8-6+. The maximum atomic E-state index is 9.97. The fraction of sp³-hybridized carbons (Fsp3) is 0.227. The van der Waals surface area contributed by atoms with Crippen LogP contribution in [0.2, 0.25) is 0 Å². The second kappa shape index (κ2) is 8.20. The molecule has 5 heteroatoms. The average Bonchev–Trinajstić information content (AvgIpc) is 2.97. The third-order valence-corrected chi connectivity index (χ3v) is 4.76. The lowest BCUT2D eigenvalue weighted by Crippen LogP contribution is -2.19. The molecule has 0 bridgehead atoms. The van der Waals surface area contributed by atoms with Crippen molar-refractivity contribution in [3.8, 4) is 0 Å². The summed E-state index contributed by atoms with van der Waals surface area (Å²) in [6, 6.07) is 7.88. The minimum atomic E-state index is -0.109. The SMILES string of the molecule is C=c1c(NCCc2ccccn2)cc(=C)c2c1c(CO)c(/C=C/CO)n2C. The van der Waals surface area contributed by atoms with Crippen LogP contribution in [0.5, 0.6) is 0 Å². The molecule has 0 aliphatic heterocycles. The largest absolute Gasteiger partial charge is 0.392 e. The molecule has 3 aromatic rings. The van der Waals surface area contributed by atoms with Crippen LogP contribution in [0.4, 0.5) is 5.69 Å². The highest BCUT2D eigenvalue weighted by atomic mass is 16.3. The minimum absolute atomic E-state index is 0.0544. The molecule has 0 spiro atoms. The number of nitrogens with one attached hydrogen (secondary N) is 1. The Bertz CT molecular complexity index is 1070. The van der Waals surface area contributed by atoms with E-state index in [1.807, 2.05) is 42.0 Å². The summed E-state index contributed by atoms with van der Waals surface area (Å²) in [4.78, 5) is 4.34. The third kappa shape index (κ3) is 3.65. The van der Waals surface area contributed by atoms with E-state index in [1.54, 1.807) is 12.3 Å². The Balaban J connectivity index is 2.01. The van der Waals surface area contributed by atoms with Crippen LogP contribution >= 0.6 is 0 Å². The lowest BCUT2D eigenvalue weighted by atomic mass is 10.1. The van der Waals surface area contributed by atoms with Gasteiger partial charge in [0.05, 0.1) is 18.7 Å². The molecule has 1 aromatic carbocycles. The molecule has 2 aromatic heterocycles. The van der Waals surface area contributed by atoms with E-state index in [0.29, 0.717) is 0 Å². The number of hydrogen-bond acceptors (Lipinski definition) is 4. The van der Waals surface area contributed by atoms with Crippen molar-refractivity contribution in [1.29, 1.82) is 0 Å². The van der Waals surface area contributed by atoms with Gasteiger partial charge in [0.1, 0.15) is 0 Å². The minimum Gasteiger partial charge on any atom is -0.392 e. The quantitative estimate of drug-likeness (QED) is 0.596. The van der Waals surface area contributed by atoms with Crippen molar-refractivity contribution in [2.45, 2.75) is 13.0 Å². The molecular formula is C22H25N3O2. The molecule has 27 heavy (non-hydrogen) atoms. The highest BCUT2D eigenvalue weighted by molar-refractivity contribution is 5.91. The molecule has 2 heterocycles. The first-order valence-electron chi connectivity index (χ1n) is 8.92. The van der Waals surface area contributed by atoms with Crippen molar-refractivity contribution in [3.05, 3.63) is 63.9 Å². The predicted octanol–water partition coefficient (Wildman–Crippen LogP) is 1.55. The van der Waals surface area contributed by atoms with Crippen LogP contribution < -0.4 is 15.8 Å². The third-order valence-electron chi connectivity index (χ3n) is 4.76. The number of hydrogen-bond donors (Lipinski definition) is 3. The summed E-state index contributed by atoms with van der Waals surface area (Å²) in [6.07, 6.45) is 6.07. The average molecular weight is 363 g/mol. The van der Waals surface area contributed by atoms with Crippen molar-refractivity contribution >= 4 is 35.8 Å². The summed E-state index contributed by atoms with van der Waals surface area (Å²) >= 11 is 0. The van der Waals surface area contributed by atoms with E-state index in [0.717, 1.165) is 56.9 Å². The molecule has 3 rings (SSSR count). The fourth-order valence-electron chi connectivity index (χ4n) is 3.49. The molecule has 0 atom stereocenters. The van der Waals surface area contributed by atoms with Gasteiger partial charge in [-0.3, -0.25) is 4.98 Å². The number of pyridine rings is 1. The number of nitrogens with zero attached hydrogens (tertiary/aromatic N) is 2. The molecule has 0 amide bonds. The van der Waals surface area contributed by atoms with Crippen LogP contribution in [0.3, 0.4) is 0 Å². The van der Waals surface area contributed by atoms with Gasteiger partial charge in [-0.1, -0.05) is 25.3 Å². The molecule has 0 unspecified atom stereocenters. The van der Waals surface area contributed by atoms with E-state index in [-0.39, 0.29) is 13.2 Å². The van der Waals surface area contributed by atoms with E-state index in [9.17, 15) is 5.11 Å². The van der Waals surface area contributed by atoms with Crippen LogP contribution in [0, 0.1) is 0 Å². The van der Waals surface area contributed by atoms with Crippen LogP contribution in [0.15, 0.2) is 36.5 Å². The van der Waals surface area contributed by atoms with Gasteiger partial charge in [0.15, 0.2) is 0 Å². The zero-order valence-corrected chi connectivity index (χ0v) is 15.6. The first-order chi connectivity index (χ1) is 13.1. The van der Waals surface area contributed by atoms with E-state index < -0.39 is 0 Å². The maximum Gasteiger partial charge on any atom is 0.0709 e. The topological polar surface area (TPSA) is 70.3 Å². The highest BCUT2D eigenvalue weighted by Gasteiger charge is 2.15. The van der Waals surface area contributed by atoms with Gasteiger partial charge in [0, 0.05) is 59.5 Å². The Morgan fingerprint density at radius 1 is 1.26 bits per heavy atom. The number of benzene rings is 1. The van der Waals surface area contributed by atoms with Crippen LogP contribution in [0.1, 0.15) is 17.0 Å². The van der Waals surface area contributed by atoms with Crippen molar-refractivity contribution in [2.75, 3.05) is 18.5 Å². The fourth-order valence-corrected chi connectivity index (χ4v) is 3.49. The first kappa shape index (κ1) is 18.9. The number of fused-ring (bicyclic) bond motifs is 1. The molecule has 0 aliphatic carbocycles. The highest BCUT2D eigenvalue weighted by Crippen LogP contribution is 2.23. The summed E-state index contributed by atoms with van der Waals surface area (Å²) in [5.74, 6) is 0. The monoisotopic (exact) mass is 363 g/mol. The molecular weight excluding hydrogens is 338 g/mol. The molecule has 3 N–H and O–H groups in total. The Kier molecular flexibility index (Phi) is 5.74. The number of aryl methyl sites for hydroxylation is 1. The van der Waals surface area contributed by atoms with Gasteiger partial charge in [-0.2, -0.15) is 0 Å². The summed E-state index contributed by atoms with van der Waals surface area (Å²) in [5.41, 5.74) is 4.51. The summed E-state index contributed by atoms with van der Waals surface area (Å²) in [6.45, 7) is 9.01. The Morgan fingerprint density at radius 3 is 2.74 bits per heavy atom. The van der Waals surface area contributed by atoms with Gasteiger partial charge in [-0.25, -0.2) is 0 Å². The van der Waals surface area contributed by atoms with E-state index >= 15 is 0 Å². The molecule has 0 saturated carbocycles. The second-order valence-electron chi connectivity index (χ2n) is 6.45. The lowest BCUT2D eigenvalue weighted by Gasteiger charge is -2.09. The van der Waals surface area contributed by atoms with Gasteiger partial charge in [-0.15, -0.1) is 0 Å². The van der Waals surface area contributed by atoms with Crippen molar-refractivity contribution in [1.82, 2.24) is 9.55 Å². The second-order valence-corrected chi connectivity index (χ2v) is 6.45. The zero-order chi connectivity index (χ0) is 19.4. The van der Waals surface area contributed by atoms with Gasteiger partial charge < -0.3 is 20.1 Å². The molecule has 0 radical (unpaired) electrons. The van der Waals surface area contributed by atoms with E-state index in [1.165, 1.54) is 0 Å². The van der Waals surface area contributed by atoms with Crippen LogP contribution in [0.25, 0.3) is 30.1 Å². The number of aliphatic hydroxyl groups excluding tert-OH is 2. The Hall–Kier alpha value is -2.89. The molecule has 140 valence electrons. The van der Waals surface area contributed by atoms with Gasteiger partial charge >= 0.3 is 0 Å². The van der Waals surface area contributed by atoms with Crippen LogP contribution in [-0.2, 0) is 20.1 Å². The summed E-state index contributed by atoms with van der Waals surface area (Å²) < 4.78 is 1.99. The van der Waals surface area contributed by atoms with Crippen LogP contribution in [-0.4, -0.2) is 32.9 Å². The maximum absolute atomic E-state index is 9.97. The smallest absolute Gasteiger partial charge is 0.0709 e. The lowest BCUT2D eigenvalue weighted by molar-refractivity contribution is 0.283. The number of anilines is 1. The Morgan fingerprint density at radius 2 is 2.07 bits per heavy atom.